The molecule has 8 nitrogen and oxygen atoms in total. The number of carbonyl (C=O) groups excluding carboxylic acids is 1. The molecule has 10 heteroatoms. The highest BCUT2D eigenvalue weighted by molar-refractivity contribution is 7.88. The van der Waals surface area contributed by atoms with Gasteiger partial charge in [0.25, 0.3) is 11.6 Å². The maximum Gasteiger partial charge on any atom is 0.259 e. The molecule has 4 rings (SSSR count). The van der Waals surface area contributed by atoms with E-state index in [0.717, 1.165) is 9.75 Å². The van der Waals surface area contributed by atoms with Gasteiger partial charge in [-0.2, -0.15) is 0 Å². The molecule has 3 heterocycles. The molecular formula is C23H22N4O4S2. The zero-order chi connectivity index (χ0) is 23.6. The van der Waals surface area contributed by atoms with Gasteiger partial charge in [-0.05, 0) is 49.7 Å². The van der Waals surface area contributed by atoms with Crippen molar-refractivity contribution in [2.45, 2.75) is 19.6 Å². The smallest absolute Gasteiger partial charge is 0.259 e. The van der Waals surface area contributed by atoms with Gasteiger partial charge in [0, 0.05) is 17.1 Å². The minimum absolute atomic E-state index is 0.163. The Hall–Kier alpha value is -3.34. The Morgan fingerprint density at radius 3 is 2.61 bits per heavy atom. The molecule has 33 heavy (non-hydrogen) atoms. The van der Waals surface area contributed by atoms with Crippen LogP contribution in [0.25, 0.3) is 21.7 Å². The Morgan fingerprint density at radius 1 is 1.18 bits per heavy atom. The number of thiophene rings is 1. The summed E-state index contributed by atoms with van der Waals surface area (Å²) in [4.78, 5) is 19.8. The van der Waals surface area contributed by atoms with Crippen molar-refractivity contribution < 1.29 is 17.7 Å². The first kappa shape index (κ1) is 22.8. The van der Waals surface area contributed by atoms with Crippen molar-refractivity contribution in [2.75, 3.05) is 11.9 Å². The fraction of sp³-hybridized carbons (Fsp3) is 0.174. The van der Waals surface area contributed by atoms with Crippen LogP contribution in [0, 0.1) is 13.8 Å². The molecule has 1 aromatic carbocycles. The average molecular weight is 483 g/mol. The first-order valence-corrected chi connectivity index (χ1v) is 12.5. The van der Waals surface area contributed by atoms with Gasteiger partial charge < -0.3 is 9.84 Å². The molecule has 0 aliphatic rings. The molecule has 0 fully saturated rings. The van der Waals surface area contributed by atoms with E-state index in [2.05, 4.69) is 26.8 Å². The lowest BCUT2D eigenvalue weighted by atomic mass is 10.1. The summed E-state index contributed by atoms with van der Waals surface area (Å²) in [6.07, 6.45) is 1.48. The van der Waals surface area contributed by atoms with Crippen molar-refractivity contribution in [2.24, 2.45) is 0 Å². The van der Waals surface area contributed by atoms with E-state index in [-0.39, 0.29) is 18.2 Å². The molecule has 0 aliphatic heterocycles. The molecule has 0 spiro atoms. The van der Waals surface area contributed by atoms with Crippen LogP contribution in [-0.2, 0) is 15.8 Å². The van der Waals surface area contributed by atoms with Crippen LogP contribution in [0.15, 0.2) is 59.6 Å². The van der Waals surface area contributed by atoms with Gasteiger partial charge in [-0.1, -0.05) is 23.4 Å². The number of hydrogen-bond acceptors (Lipinski definition) is 7. The molecule has 170 valence electrons. The predicted octanol–water partition coefficient (Wildman–Crippen LogP) is 4.43. The van der Waals surface area contributed by atoms with E-state index in [9.17, 15) is 13.2 Å². The number of aryl methyl sites for hydroxylation is 2. The van der Waals surface area contributed by atoms with Crippen LogP contribution in [0.5, 0.6) is 0 Å². The highest BCUT2D eigenvalue weighted by atomic mass is 32.2. The molecule has 2 N–H and O–H groups in total. The van der Waals surface area contributed by atoms with E-state index in [4.69, 9.17) is 4.52 Å². The Morgan fingerprint density at radius 2 is 1.94 bits per heavy atom. The van der Waals surface area contributed by atoms with Gasteiger partial charge >= 0.3 is 0 Å². The van der Waals surface area contributed by atoms with Gasteiger partial charge in [0.1, 0.15) is 0 Å². The summed E-state index contributed by atoms with van der Waals surface area (Å²) in [7, 11) is -3.46. The number of fused-ring (bicyclic) bond motifs is 1. The first-order valence-electron chi connectivity index (χ1n) is 10.1. The highest BCUT2D eigenvalue weighted by Crippen LogP contribution is 2.31. The third-order valence-electron chi connectivity index (χ3n) is 4.87. The maximum atomic E-state index is 13.2. The minimum atomic E-state index is -3.46. The Balaban J connectivity index is 1.59. The number of nitrogens with one attached hydrogen (secondary N) is 2. The SMILES string of the molecule is C=CCNS(=O)(=O)Cc1ccc(NC(=O)c2cc(-c3ccc(C)s3)nc3onc(C)c23)cc1. The molecule has 0 aliphatic carbocycles. The van der Waals surface area contributed by atoms with Crippen molar-refractivity contribution in [3.05, 3.63) is 76.8 Å². The standard InChI is InChI=1S/C23H22N4O4S2/c1-4-11-24-33(29,30)13-16-6-8-17(9-7-16)25-22(28)18-12-19(20-10-5-14(2)32-20)26-23-21(18)15(3)27-31-23/h4-10,12,24H,1,11,13H2,2-3H3,(H,25,28). The Kier molecular flexibility index (Phi) is 6.41. The second-order valence-electron chi connectivity index (χ2n) is 7.46. The topological polar surface area (TPSA) is 114 Å². The van der Waals surface area contributed by atoms with Crippen molar-refractivity contribution in [1.82, 2.24) is 14.9 Å². The van der Waals surface area contributed by atoms with Crippen LogP contribution >= 0.6 is 11.3 Å². The largest absolute Gasteiger partial charge is 0.335 e. The van der Waals surface area contributed by atoms with Crippen molar-refractivity contribution in [1.29, 1.82) is 0 Å². The summed E-state index contributed by atoms with van der Waals surface area (Å²) < 4.78 is 31.9. The molecule has 1 amide bonds. The van der Waals surface area contributed by atoms with Crippen LogP contribution in [0.4, 0.5) is 5.69 Å². The number of hydrogen-bond donors (Lipinski definition) is 2. The summed E-state index contributed by atoms with van der Waals surface area (Å²) in [6.45, 7) is 7.43. The normalized spacial score (nSPS) is 11.6. The van der Waals surface area contributed by atoms with Crippen LogP contribution in [0.1, 0.15) is 26.5 Å². The van der Waals surface area contributed by atoms with Gasteiger partial charge in [-0.3, -0.25) is 4.79 Å². The average Bonchev–Trinajstić information content (AvgIpc) is 3.38. The zero-order valence-electron chi connectivity index (χ0n) is 18.1. The monoisotopic (exact) mass is 482 g/mol. The van der Waals surface area contributed by atoms with Gasteiger partial charge in [-0.25, -0.2) is 18.1 Å². The molecule has 4 aromatic rings. The number of aromatic nitrogens is 2. The minimum Gasteiger partial charge on any atom is -0.335 e. The molecule has 0 bridgehead atoms. The number of nitrogens with zero attached hydrogens (tertiary/aromatic N) is 2. The summed E-state index contributed by atoms with van der Waals surface area (Å²) in [5.74, 6) is -0.500. The fourth-order valence-electron chi connectivity index (χ4n) is 3.31. The lowest BCUT2D eigenvalue weighted by molar-refractivity contribution is 0.102. The molecule has 0 saturated carbocycles. The van der Waals surface area contributed by atoms with Crippen molar-refractivity contribution in [3.8, 4) is 10.6 Å². The molecule has 0 saturated heterocycles. The molecular weight excluding hydrogens is 460 g/mol. The predicted molar refractivity (Wildman–Crippen MR) is 130 cm³/mol. The lowest BCUT2D eigenvalue weighted by Crippen LogP contribution is -2.25. The van der Waals surface area contributed by atoms with Crippen LogP contribution in [-0.4, -0.2) is 31.0 Å². The van der Waals surface area contributed by atoms with E-state index < -0.39 is 10.0 Å². The summed E-state index contributed by atoms with van der Waals surface area (Å²) in [5, 5.41) is 7.39. The second kappa shape index (κ2) is 9.26. The number of carbonyl (C=O) groups is 1. The zero-order valence-corrected chi connectivity index (χ0v) is 19.7. The quantitative estimate of drug-likeness (QED) is 0.359. The molecule has 0 unspecified atom stereocenters. The van der Waals surface area contributed by atoms with Crippen molar-refractivity contribution >= 4 is 44.1 Å². The Bertz CT molecular complexity index is 1440. The van der Waals surface area contributed by atoms with E-state index in [0.29, 0.717) is 39.3 Å². The summed E-state index contributed by atoms with van der Waals surface area (Å²) in [6, 6.07) is 12.3. The van der Waals surface area contributed by atoms with Gasteiger partial charge in [0.2, 0.25) is 10.0 Å². The molecule has 0 atom stereocenters. The maximum absolute atomic E-state index is 13.2. The summed E-state index contributed by atoms with van der Waals surface area (Å²) in [5.41, 5.74) is 3.04. The third-order valence-corrected chi connectivity index (χ3v) is 7.21. The van der Waals surface area contributed by atoms with E-state index >= 15 is 0 Å². The Labute approximate surface area is 195 Å². The van der Waals surface area contributed by atoms with E-state index in [1.54, 1.807) is 48.6 Å². The van der Waals surface area contributed by atoms with Gasteiger partial charge in [-0.15, -0.1) is 17.9 Å². The van der Waals surface area contributed by atoms with Crippen LogP contribution in [0.3, 0.4) is 0 Å². The number of amides is 1. The number of sulfonamides is 1. The van der Waals surface area contributed by atoms with Gasteiger partial charge in [0.15, 0.2) is 0 Å². The molecule has 0 radical (unpaired) electrons. The van der Waals surface area contributed by atoms with Crippen LogP contribution in [0.2, 0.25) is 0 Å². The van der Waals surface area contributed by atoms with Crippen LogP contribution < -0.4 is 10.0 Å². The number of rotatable bonds is 8. The van der Waals surface area contributed by atoms with E-state index in [1.165, 1.54) is 6.08 Å². The van der Waals surface area contributed by atoms with Gasteiger partial charge in [0.05, 0.1) is 33.0 Å². The lowest BCUT2D eigenvalue weighted by Gasteiger charge is -2.09. The second-order valence-corrected chi connectivity index (χ2v) is 10.6. The van der Waals surface area contributed by atoms with E-state index in [1.807, 2.05) is 19.1 Å². The van der Waals surface area contributed by atoms with Crippen molar-refractivity contribution in [3.63, 3.8) is 0 Å². The number of benzene rings is 1. The summed E-state index contributed by atoms with van der Waals surface area (Å²) >= 11 is 1.58. The third kappa shape index (κ3) is 5.19. The highest BCUT2D eigenvalue weighted by Gasteiger charge is 2.20. The molecule has 3 aromatic heterocycles. The fourth-order valence-corrected chi connectivity index (χ4v) is 5.24. The first-order chi connectivity index (χ1) is 15.8. The number of anilines is 1. The number of pyridine rings is 1.